The first-order valence-corrected chi connectivity index (χ1v) is 13.1. The molecule has 0 spiro atoms. The van der Waals surface area contributed by atoms with Crippen LogP contribution in [-0.2, 0) is 11.3 Å². The highest BCUT2D eigenvalue weighted by molar-refractivity contribution is 5.98. The van der Waals surface area contributed by atoms with Gasteiger partial charge in [0, 0.05) is 23.7 Å². The summed E-state index contributed by atoms with van der Waals surface area (Å²) in [6, 6.07) is 4.82. The number of carbonyl (C=O) groups is 2. The lowest BCUT2D eigenvalue weighted by molar-refractivity contribution is -0.122. The van der Waals surface area contributed by atoms with Gasteiger partial charge in [0.1, 0.15) is 6.54 Å². The van der Waals surface area contributed by atoms with Gasteiger partial charge in [-0.2, -0.15) is 0 Å². The highest BCUT2D eigenvalue weighted by Crippen LogP contribution is 2.20. The molecule has 2 fully saturated rings. The molecule has 2 N–H and O–H groups in total. The van der Waals surface area contributed by atoms with E-state index < -0.39 is 5.69 Å². The quantitative estimate of drug-likeness (QED) is 0.546. The summed E-state index contributed by atoms with van der Waals surface area (Å²) in [7, 11) is 0. The Hall–Kier alpha value is -3.43. The second-order valence-electron chi connectivity index (χ2n) is 10.4. The molecule has 0 unspecified atom stereocenters. The fourth-order valence-corrected chi connectivity index (χ4v) is 5.59. The van der Waals surface area contributed by atoms with Crippen LogP contribution in [0.25, 0.3) is 16.7 Å². The zero-order valence-electron chi connectivity index (χ0n) is 21.0. The summed E-state index contributed by atoms with van der Waals surface area (Å²) in [5, 5.41) is 10.8. The molecule has 0 atom stereocenters. The van der Waals surface area contributed by atoms with Crippen LogP contribution in [0.1, 0.15) is 88.0 Å². The molecule has 2 aliphatic rings. The zero-order chi connectivity index (χ0) is 25.4. The SMILES string of the molecule is CC(C)n1c(=O)c2ccc(C(=O)NC3CCCCC3)cc2n2c(=O)n(CC(=O)NC3CCCC3)nc12. The minimum absolute atomic E-state index is 0.130. The Labute approximate surface area is 208 Å². The van der Waals surface area contributed by atoms with Crippen LogP contribution in [-0.4, -0.2) is 42.6 Å². The molecule has 0 saturated heterocycles. The van der Waals surface area contributed by atoms with Crippen LogP contribution in [0, 0.1) is 0 Å². The van der Waals surface area contributed by atoms with E-state index in [4.69, 9.17) is 0 Å². The maximum Gasteiger partial charge on any atom is 0.352 e. The van der Waals surface area contributed by atoms with E-state index in [2.05, 4.69) is 15.7 Å². The van der Waals surface area contributed by atoms with Crippen molar-refractivity contribution in [2.45, 2.75) is 96.3 Å². The van der Waals surface area contributed by atoms with Crippen molar-refractivity contribution >= 4 is 28.5 Å². The molecule has 1 aromatic carbocycles. The topological polar surface area (TPSA) is 120 Å². The van der Waals surface area contributed by atoms with Gasteiger partial charge >= 0.3 is 5.69 Å². The predicted octanol–water partition coefficient (Wildman–Crippen LogP) is 2.51. The lowest BCUT2D eigenvalue weighted by atomic mass is 9.95. The number of hydrogen-bond acceptors (Lipinski definition) is 5. The fourth-order valence-electron chi connectivity index (χ4n) is 5.59. The molecule has 2 amide bonds. The van der Waals surface area contributed by atoms with Crippen LogP contribution in [0.4, 0.5) is 0 Å². The second-order valence-corrected chi connectivity index (χ2v) is 10.4. The summed E-state index contributed by atoms with van der Waals surface area (Å²) < 4.78 is 3.90. The minimum atomic E-state index is -0.518. The number of hydrogen-bond donors (Lipinski definition) is 2. The average molecular weight is 495 g/mol. The van der Waals surface area contributed by atoms with Gasteiger partial charge in [-0.1, -0.05) is 32.1 Å². The van der Waals surface area contributed by atoms with Crippen molar-refractivity contribution < 1.29 is 9.59 Å². The largest absolute Gasteiger partial charge is 0.352 e. The highest BCUT2D eigenvalue weighted by atomic mass is 16.2. The van der Waals surface area contributed by atoms with E-state index in [0.29, 0.717) is 16.5 Å². The van der Waals surface area contributed by atoms with E-state index in [1.165, 1.54) is 15.4 Å². The van der Waals surface area contributed by atoms with Crippen LogP contribution >= 0.6 is 0 Å². The molecule has 0 aliphatic heterocycles. The molecule has 192 valence electrons. The first kappa shape index (κ1) is 24.3. The van der Waals surface area contributed by atoms with Crippen molar-refractivity contribution in [1.29, 1.82) is 0 Å². The number of amides is 2. The van der Waals surface area contributed by atoms with Crippen molar-refractivity contribution in [3.63, 3.8) is 0 Å². The Morgan fingerprint density at radius 2 is 1.61 bits per heavy atom. The molecular formula is C26H34N6O4. The summed E-state index contributed by atoms with van der Waals surface area (Å²) in [6.45, 7) is 3.46. The van der Waals surface area contributed by atoms with Crippen molar-refractivity contribution in [3.05, 3.63) is 44.6 Å². The van der Waals surface area contributed by atoms with Gasteiger partial charge in [-0.05, 0) is 57.7 Å². The number of rotatable bonds is 6. The summed E-state index contributed by atoms with van der Waals surface area (Å²) in [4.78, 5) is 52.5. The molecule has 0 bridgehead atoms. The Morgan fingerprint density at radius 3 is 2.28 bits per heavy atom. The van der Waals surface area contributed by atoms with Crippen molar-refractivity contribution in [2.24, 2.45) is 0 Å². The number of carbonyl (C=O) groups excluding carboxylic acids is 2. The molecular weight excluding hydrogens is 460 g/mol. The summed E-state index contributed by atoms with van der Waals surface area (Å²) in [5.74, 6) is -0.338. The van der Waals surface area contributed by atoms with Gasteiger partial charge in [-0.3, -0.25) is 19.0 Å². The van der Waals surface area contributed by atoms with Gasteiger partial charge in [0.25, 0.3) is 11.5 Å². The van der Waals surface area contributed by atoms with E-state index in [1.807, 2.05) is 13.8 Å². The Bertz CT molecular complexity index is 1420. The van der Waals surface area contributed by atoms with E-state index >= 15 is 0 Å². The molecule has 2 aromatic heterocycles. The number of nitrogens with zero attached hydrogens (tertiary/aromatic N) is 4. The number of fused-ring (bicyclic) bond motifs is 3. The van der Waals surface area contributed by atoms with Gasteiger partial charge in [0.2, 0.25) is 11.7 Å². The first-order valence-electron chi connectivity index (χ1n) is 13.1. The molecule has 10 nitrogen and oxygen atoms in total. The number of benzene rings is 1. The lowest BCUT2D eigenvalue weighted by Crippen LogP contribution is -2.37. The summed E-state index contributed by atoms with van der Waals surface area (Å²) in [6.07, 6.45) is 9.35. The second kappa shape index (κ2) is 9.91. The van der Waals surface area contributed by atoms with Crippen molar-refractivity contribution in [1.82, 2.24) is 29.4 Å². The summed E-state index contributed by atoms with van der Waals surface area (Å²) >= 11 is 0. The van der Waals surface area contributed by atoms with Gasteiger partial charge in [-0.25, -0.2) is 13.9 Å². The van der Waals surface area contributed by atoms with Gasteiger partial charge in [0.05, 0.1) is 10.9 Å². The smallest absolute Gasteiger partial charge is 0.352 e. The van der Waals surface area contributed by atoms with Crippen molar-refractivity contribution in [2.75, 3.05) is 0 Å². The molecule has 10 heteroatoms. The Kier molecular flexibility index (Phi) is 6.68. The van der Waals surface area contributed by atoms with Crippen molar-refractivity contribution in [3.8, 4) is 0 Å². The van der Waals surface area contributed by atoms with E-state index in [-0.39, 0.29) is 47.8 Å². The molecule has 2 heterocycles. The number of aromatic nitrogens is 4. The van der Waals surface area contributed by atoms with Gasteiger partial charge in [0.15, 0.2) is 0 Å². The molecule has 36 heavy (non-hydrogen) atoms. The monoisotopic (exact) mass is 494 g/mol. The standard InChI is InChI=1S/C26H34N6O4/c1-16(2)31-24(35)20-13-12-17(23(34)28-19-8-4-3-5-9-19)14-21(20)32-25(31)29-30(26(32)36)15-22(33)27-18-10-6-7-11-18/h12-14,16,18-19H,3-11,15H2,1-2H3,(H,27,33)(H,28,34). The minimum Gasteiger partial charge on any atom is -0.352 e. The zero-order valence-corrected chi connectivity index (χ0v) is 21.0. The Balaban J connectivity index is 1.56. The predicted molar refractivity (Wildman–Crippen MR) is 136 cm³/mol. The molecule has 2 saturated carbocycles. The third kappa shape index (κ3) is 4.56. The highest BCUT2D eigenvalue weighted by Gasteiger charge is 2.23. The van der Waals surface area contributed by atoms with Gasteiger partial charge < -0.3 is 10.6 Å². The van der Waals surface area contributed by atoms with E-state index in [9.17, 15) is 19.2 Å². The van der Waals surface area contributed by atoms with Crippen LogP contribution < -0.4 is 21.9 Å². The molecule has 3 aromatic rings. The normalized spacial score (nSPS) is 17.3. The maximum absolute atomic E-state index is 13.5. The molecule has 5 rings (SSSR count). The van der Waals surface area contributed by atoms with Crippen LogP contribution in [0.3, 0.4) is 0 Å². The van der Waals surface area contributed by atoms with E-state index in [0.717, 1.165) is 56.0 Å². The Morgan fingerprint density at radius 1 is 0.972 bits per heavy atom. The molecule has 2 aliphatic carbocycles. The van der Waals surface area contributed by atoms with Crippen LogP contribution in [0.2, 0.25) is 0 Å². The maximum atomic E-state index is 13.5. The fraction of sp³-hybridized carbons (Fsp3) is 0.577. The van der Waals surface area contributed by atoms with Crippen LogP contribution in [0.15, 0.2) is 27.8 Å². The van der Waals surface area contributed by atoms with Crippen LogP contribution in [0.5, 0.6) is 0 Å². The molecule has 0 radical (unpaired) electrons. The van der Waals surface area contributed by atoms with E-state index in [1.54, 1.807) is 18.2 Å². The number of nitrogens with one attached hydrogen (secondary N) is 2. The lowest BCUT2D eigenvalue weighted by Gasteiger charge is -2.22. The first-order chi connectivity index (χ1) is 17.3. The van der Waals surface area contributed by atoms with Gasteiger partial charge in [-0.15, -0.1) is 5.10 Å². The average Bonchev–Trinajstić information content (AvgIpc) is 3.47. The third-order valence-corrected chi connectivity index (χ3v) is 7.46. The third-order valence-electron chi connectivity index (χ3n) is 7.46. The summed E-state index contributed by atoms with van der Waals surface area (Å²) in [5.41, 5.74) is -0.111.